The quantitative estimate of drug-likeness (QED) is 0.732. The molecule has 0 spiro atoms. The summed E-state index contributed by atoms with van der Waals surface area (Å²) in [7, 11) is 1.65. The van der Waals surface area contributed by atoms with Gasteiger partial charge in [-0.2, -0.15) is 0 Å². The SMILES string of the molecule is COc1ccnc(C(C)CN)c1. The molecule has 1 aromatic rings. The van der Waals surface area contributed by atoms with Crippen molar-refractivity contribution in [2.75, 3.05) is 13.7 Å². The topological polar surface area (TPSA) is 48.1 Å². The van der Waals surface area contributed by atoms with E-state index in [-0.39, 0.29) is 0 Å². The summed E-state index contributed by atoms with van der Waals surface area (Å²) < 4.78 is 5.07. The molecule has 0 aliphatic rings. The summed E-state index contributed by atoms with van der Waals surface area (Å²) in [5.74, 6) is 1.13. The second-order valence-corrected chi connectivity index (χ2v) is 2.76. The van der Waals surface area contributed by atoms with Crippen LogP contribution in [0.25, 0.3) is 0 Å². The predicted molar refractivity (Wildman–Crippen MR) is 48.3 cm³/mol. The van der Waals surface area contributed by atoms with Gasteiger partial charge in [0.25, 0.3) is 0 Å². The third-order valence-electron chi connectivity index (χ3n) is 1.85. The van der Waals surface area contributed by atoms with Gasteiger partial charge in [-0.25, -0.2) is 0 Å². The molecule has 0 bridgehead atoms. The predicted octanol–water partition coefficient (Wildman–Crippen LogP) is 1.15. The van der Waals surface area contributed by atoms with E-state index < -0.39 is 0 Å². The molecule has 3 nitrogen and oxygen atoms in total. The zero-order chi connectivity index (χ0) is 8.97. The lowest BCUT2D eigenvalue weighted by Crippen LogP contribution is -2.10. The minimum Gasteiger partial charge on any atom is -0.497 e. The summed E-state index contributed by atoms with van der Waals surface area (Å²) in [5, 5.41) is 0. The van der Waals surface area contributed by atoms with Crippen molar-refractivity contribution < 1.29 is 4.74 Å². The van der Waals surface area contributed by atoms with Crippen LogP contribution < -0.4 is 10.5 Å². The molecule has 0 aliphatic heterocycles. The van der Waals surface area contributed by atoms with Gasteiger partial charge in [-0.3, -0.25) is 4.98 Å². The Labute approximate surface area is 72.6 Å². The number of hydrogen-bond donors (Lipinski definition) is 1. The van der Waals surface area contributed by atoms with Gasteiger partial charge in [0.05, 0.1) is 7.11 Å². The Morgan fingerprint density at radius 3 is 3.00 bits per heavy atom. The first-order valence-electron chi connectivity index (χ1n) is 3.98. The second-order valence-electron chi connectivity index (χ2n) is 2.76. The molecule has 0 saturated heterocycles. The number of rotatable bonds is 3. The van der Waals surface area contributed by atoms with Gasteiger partial charge in [0.2, 0.25) is 0 Å². The van der Waals surface area contributed by atoms with Crippen molar-refractivity contribution in [2.24, 2.45) is 5.73 Å². The second kappa shape index (κ2) is 4.07. The Kier molecular flexibility index (Phi) is 3.05. The fourth-order valence-corrected chi connectivity index (χ4v) is 0.945. The first-order chi connectivity index (χ1) is 5.77. The Balaban J connectivity index is 2.86. The van der Waals surface area contributed by atoms with Crippen molar-refractivity contribution in [2.45, 2.75) is 12.8 Å². The number of nitrogens with zero attached hydrogens (tertiary/aromatic N) is 1. The van der Waals surface area contributed by atoms with Crippen molar-refractivity contribution in [1.29, 1.82) is 0 Å². The number of aromatic nitrogens is 1. The van der Waals surface area contributed by atoms with Crippen LogP contribution in [0.15, 0.2) is 18.3 Å². The molecule has 3 heteroatoms. The van der Waals surface area contributed by atoms with E-state index in [2.05, 4.69) is 4.98 Å². The number of hydrogen-bond acceptors (Lipinski definition) is 3. The number of pyridine rings is 1. The highest BCUT2D eigenvalue weighted by atomic mass is 16.5. The van der Waals surface area contributed by atoms with Crippen LogP contribution in [0, 0.1) is 0 Å². The fourth-order valence-electron chi connectivity index (χ4n) is 0.945. The lowest BCUT2D eigenvalue weighted by Gasteiger charge is -2.08. The molecule has 0 aliphatic carbocycles. The highest BCUT2D eigenvalue weighted by molar-refractivity contribution is 5.24. The lowest BCUT2D eigenvalue weighted by molar-refractivity contribution is 0.413. The van der Waals surface area contributed by atoms with Crippen LogP contribution in [-0.4, -0.2) is 18.6 Å². The molecule has 0 saturated carbocycles. The van der Waals surface area contributed by atoms with Crippen LogP contribution in [0.4, 0.5) is 0 Å². The van der Waals surface area contributed by atoms with Gasteiger partial charge >= 0.3 is 0 Å². The van der Waals surface area contributed by atoms with Crippen LogP contribution in [0.1, 0.15) is 18.5 Å². The zero-order valence-electron chi connectivity index (χ0n) is 7.45. The van der Waals surface area contributed by atoms with Crippen LogP contribution in [0.5, 0.6) is 5.75 Å². The summed E-state index contributed by atoms with van der Waals surface area (Å²) in [6.07, 6.45) is 1.74. The van der Waals surface area contributed by atoms with Crippen molar-refractivity contribution in [3.63, 3.8) is 0 Å². The Morgan fingerprint density at radius 2 is 2.42 bits per heavy atom. The van der Waals surface area contributed by atoms with Crippen molar-refractivity contribution in [3.05, 3.63) is 24.0 Å². The van der Waals surface area contributed by atoms with Gasteiger partial charge in [0.1, 0.15) is 5.75 Å². The summed E-state index contributed by atoms with van der Waals surface area (Å²) in [6.45, 7) is 2.65. The van der Waals surface area contributed by atoms with E-state index in [4.69, 9.17) is 10.5 Å². The molecule has 0 radical (unpaired) electrons. The monoisotopic (exact) mass is 166 g/mol. The highest BCUT2D eigenvalue weighted by Crippen LogP contribution is 2.16. The van der Waals surface area contributed by atoms with E-state index >= 15 is 0 Å². The summed E-state index contributed by atoms with van der Waals surface area (Å²) >= 11 is 0. The molecule has 1 rings (SSSR count). The summed E-state index contributed by atoms with van der Waals surface area (Å²) in [6, 6.07) is 3.74. The molecular weight excluding hydrogens is 152 g/mol. The van der Waals surface area contributed by atoms with E-state index in [1.54, 1.807) is 13.3 Å². The molecule has 1 atom stereocenters. The number of ether oxygens (including phenoxy) is 1. The van der Waals surface area contributed by atoms with E-state index in [0.717, 1.165) is 11.4 Å². The number of nitrogens with two attached hydrogens (primary N) is 1. The van der Waals surface area contributed by atoms with Gasteiger partial charge in [-0.1, -0.05) is 6.92 Å². The maximum atomic E-state index is 5.51. The summed E-state index contributed by atoms with van der Waals surface area (Å²) in [5.41, 5.74) is 6.50. The van der Waals surface area contributed by atoms with E-state index in [9.17, 15) is 0 Å². The highest BCUT2D eigenvalue weighted by Gasteiger charge is 2.04. The van der Waals surface area contributed by atoms with Crippen molar-refractivity contribution >= 4 is 0 Å². The average Bonchev–Trinajstić information content (AvgIpc) is 2.17. The van der Waals surface area contributed by atoms with Crippen molar-refractivity contribution in [3.8, 4) is 5.75 Å². The van der Waals surface area contributed by atoms with E-state index in [1.807, 2.05) is 19.1 Å². The molecule has 0 aromatic carbocycles. The molecule has 12 heavy (non-hydrogen) atoms. The average molecular weight is 166 g/mol. The smallest absolute Gasteiger partial charge is 0.122 e. The minimum absolute atomic E-state index is 0.292. The van der Waals surface area contributed by atoms with Crippen molar-refractivity contribution in [1.82, 2.24) is 4.98 Å². The van der Waals surface area contributed by atoms with E-state index in [0.29, 0.717) is 12.5 Å². The minimum atomic E-state index is 0.292. The molecule has 66 valence electrons. The van der Waals surface area contributed by atoms with Crippen LogP contribution in [0.2, 0.25) is 0 Å². The third-order valence-corrected chi connectivity index (χ3v) is 1.85. The number of methoxy groups -OCH3 is 1. The van der Waals surface area contributed by atoms with Crippen LogP contribution >= 0.6 is 0 Å². The standard InChI is InChI=1S/C9H14N2O/c1-7(6-10)9-5-8(12-2)3-4-11-9/h3-5,7H,6,10H2,1-2H3. The normalized spacial score (nSPS) is 12.6. The van der Waals surface area contributed by atoms with Gasteiger partial charge in [0.15, 0.2) is 0 Å². The largest absolute Gasteiger partial charge is 0.497 e. The van der Waals surface area contributed by atoms with Gasteiger partial charge in [-0.05, 0) is 6.07 Å². The zero-order valence-corrected chi connectivity index (χ0v) is 7.45. The van der Waals surface area contributed by atoms with Crippen LogP contribution in [-0.2, 0) is 0 Å². The Morgan fingerprint density at radius 1 is 1.67 bits per heavy atom. The van der Waals surface area contributed by atoms with E-state index in [1.165, 1.54) is 0 Å². The molecule has 1 aromatic heterocycles. The summed E-state index contributed by atoms with van der Waals surface area (Å²) in [4.78, 5) is 4.20. The maximum Gasteiger partial charge on any atom is 0.122 e. The first-order valence-corrected chi connectivity index (χ1v) is 3.98. The molecular formula is C9H14N2O. The maximum absolute atomic E-state index is 5.51. The molecule has 1 heterocycles. The lowest BCUT2D eigenvalue weighted by atomic mass is 10.1. The van der Waals surface area contributed by atoms with Gasteiger partial charge in [-0.15, -0.1) is 0 Å². The molecule has 2 N–H and O–H groups in total. The molecule has 0 amide bonds. The van der Waals surface area contributed by atoms with Gasteiger partial charge in [0, 0.05) is 30.4 Å². The first kappa shape index (κ1) is 9.00. The van der Waals surface area contributed by atoms with Gasteiger partial charge < -0.3 is 10.5 Å². The van der Waals surface area contributed by atoms with Crippen LogP contribution in [0.3, 0.4) is 0 Å². The molecule has 0 fully saturated rings. The fraction of sp³-hybridized carbons (Fsp3) is 0.444. The Bertz CT molecular complexity index is 250. The third kappa shape index (κ3) is 1.95. The Hall–Kier alpha value is -1.09. The molecule has 1 unspecified atom stereocenters.